The molecule has 8 heteroatoms. The number of methoxy groups -OCH3 is 1. The van der Waals surface area contributed by atoms with E-state index in [1.807, 2.05) is 53.3 Å². The Morgan fingerprint density at radius 3 is 2.32 bits per heavy atom. The molecule has 2 amide bonds. The maximum Gasteiger partial charge on any atom is 0.273 e. The number of piperidine rings is 1. The standard InChI is InChI=1S/C23H29N3O4S/c1-15-12-26(13-16(2)30-15)22(27)18-8-10-25(11-9-18)23(28)20-14-31-21(24-20)17-4-6-19(29-3)7-5-17/h4-7,14-16,18H,8-13H2,1-3H3. The quantitative estimate of drug-likeness (QED) is 0.725. The first-order valence-electron chi connectivity index (χ1n) is 10.8. The van der Waals surface area contributed by atoms with Crippen LogP contribution >= 0.6 is 11.3 Å². The maximum atomic E-state index is 12.9. The van der Waals surface area contributed by atoms with Crippen LogP contribution in [0.25, 0.3) is 10.6 Å². The van der Waals surface area contributed by atoms with Gasteiger partial charge in [-0.3, -0.25) is 9.59 Å². The topological polar surface area (TPSA) is 72.0 Å². The molecular weight excluding hydrogens is 414 g/mol. The largest absolute Gasteiger partial charge is 0.497 e. The predicted molar refractivity (Wildman–Crippen MR) is 119 cm³/mol. The summed E-state index contributed by atoms with van der Waals surface area (Å²) in [7, 11) is 1.63. The zero-order valence-corrected chi connectivity index (χ0v) is 19.1. The molecule has 0 bridgehead atoms. The molecule has 2 aliphatic rings. The average molecular weight is 444 g/mol. The van der Waals surface area contributed by atoms with Crippen LogP contribution in [0.3, 0.4) is 0 Å². The molecule has 0 saturated carbocycles. The van der Waals surface area contributed by atoms with Gasteiger partial charge >= 0.3 is 0 Å². The monoisotopic (exact) mass is 443 g/mol. The number of carbonyl (C=O) groups excluding carboxylic acids is 2. The van der Waals surface area contributed by atoms with Crippen LogP contribution in [-0.4, -0.2) is 72.1 Å². The first-order valence-corrected chi connectivity index (χ1v) is 11.7. The van der Waals surface area contributed by atoms with Crippen molar-refractivity contribution in [3.05, 3.63) is 35.3 Å². The van der Waals surface area contributed by atoms with Crippen LogP contribution in [-0.2, 0) is 9.53 Å². The molecule has 4 rings (SSSR count). The molecule has 3 heterocycles. The lowest BCUT2D eigenvalue weighted by molar-refractivity contribution is -0.148. The second-order valence-corrected chi connectivity index (χ2v) is 9.19. The highest BCUT2D eigenvalue weighted by Crippen LogP contribution is 2.28. The molecule has 0 N–H and O–H groups in total. The van der Waals surface area contributed by atoms with Gasteiger partial charge in [0.1, 0.15) is 16.5 Å². The van der Waals surface area contributed by atoms with E-state index in [0.717, 1.165) is 16.3 Å². The lowest BCUT2D eigenvalue weighted by Gasteiger charge is -2.39. The highest BCUT2D eigenvalue weighted by atomic mass is 32.1. The molecule has 166 valence electrons. The zero-order chi connectivity index (χ0) is 22.0. The fourth-order valence-corrected chi connectivity index (χ4v) is 5.15. The number of aromatic nitrogens is 1. The molecule has 0 spiro atoms. The van der Waals surface area contributed by atoms with Crippen molar-refractivity contribution in [3.8, 4) is 16.3 Å². The summed E-state index contributed by atoms with van der Waals surface area (Å²) in [5.41, 5.74) is 1.43. The molecule has 2 aromatic rings. The first-order chi connectivity index (χ1) is 14.9. The maximum absolute atomic E-state index is 12.9. The fraction of sp³-hybridized carbons (Fsp3) is 0.522. The Kier molecular flexibility index (Phi) is 6.57. The Morgan fingerprint density at radius 1 is 1.06 bits per heavy atom. The normalized spacial score (nSPS) is 22.4. The Morgan fingerprint density at radius 2 is 1.71 bits per heavy atom. The van der Waals surface area contributed by atoms with E-state index in [2.05, 4.69) is 4.98 Å². The van der Waals surface area contributed by atoms with Crippen LogP contribution in [0.2, 0.25) is 0 Å². The molecule has 2 saturated heterocycles. The van der Waals surface area contributed by atoms with Gasteiger partial charge in [-0.15, -0.1) is 11.3 Å². The number of morpholine rings is 1. The number of ether oxygens (including phenoxy) is 2. The molecule has 0 radical (unpaired) electrons. The molecule has 0 aliphatic carbocycles. The number of amides is 2. The highest BCUT2D eigenvalue weighted by molar-refractivity contribution is 7.13. The van der Waals surface area contributed by atoms with Gasteiger partial charge in [0, 0.05) is 43.0 Å². The number of rotatable bonds is 4. The van der Waals surface area contributed by atoms with Crippen molar-refractivity contribution in [2.45, 2.75) is 38.9 Å². The van der Waals surface area contributed by atoms with Crippen LogP contribution in [0.4, 0.5) is 0 Å². The van der Waals surface area contributed by atoms with Gasteiger partial charge in [0.2, 0.25) is 5.91 Å². The lowest BCUT2D eigenvalue weighted by atomic mass is 9.94. The second-order valence-electron chi connectivity index (χ2n) is 8.33. The number of nitrogens with zero attached hydrogens (tertiary/aromatic N) is 3. The molecule has 1 aromatic heterocycles. The third-order valence-electron chi connectivity index (χ3n) is 5.92. The number of benzene rings is 1. The van der Waals surface area contributed by atoms with Crippen LogP contribution in [0.1, 0.15) is 37.2 Å². The van der Waals surface area contributed by atoms with Gasteiger partial charge in [-0.25, -0.2) is 4.98 Å². The summed E-state index contributed by atoms with van der Waals surface area (Å²) in [4.78, 5) is 34.2. The summed E-state index contributed by atoms with van der Waals surface area (Å²) >= 11 is 1.46. The summed E-state index contributed by atoms with van der Waals surface area (Å²) in [6.45, 7) is 6.47. The molecule has 2 unspecified atom stereocenters. The number of thiazole rings is 1. The van der Waals surface area contributed by atoms with Gasteiger partial charge in [0.05, 0.1) is 19.3 Å². The minimum atomic E-state index is -0.0597. The summed E-state index contributed by atoms with van der Waals surface area (Å²) < 4.78 is 10.9. The van der Waals surface area contributed by atoms with Crippen LogP contribution in [0, 0.1) is 5.92 Å². The average Bonchev–Trinajstić information content (AvgIpc) is 3.28. The molecule has 2 atom stereocenters. The van der Waals surface area contributed by atoms with Crippen molar-refractivity contribution in [1.82, 2.24) is 14.8 Å². The summed E-state index contributed by atoms with van der Waals surface area (Å²) in [6, 6.07) is 7.65. The van der Waals surface area contributed by atoms with Crippen LogP contribution in [0.15, 0.2) is 29.6 Å². The van der Waals surface area contributed by atoms with Gasteiger partial charge in [0.25, 0.3) is 5.91 Å². The van der Waals surface area contributed by atoms with Crippen molar-refractivity contribution in [3.63, 3.8) is 0 Å². The number of likely N-dealkylation sites (tertiary alicyclic amines) is 1. The smallest absolute Gasteiger partial charge is 0.273 e. The van der Waals surface area contributed by atoms with Crippen molar-refractivity contribution < 1.29 is 19.1 Å². The third kappa shape index (κ3) is 4.91. The Labute approximate surface area is 187 Å². The second kappa shape index (κ2) is 9.36. The number of hydrogen-bond acceptors (Lipinski definition) is 6. The van der Waals surface area contributed by atoms with E-state index in [9.17, 15) is 9.59 Å². The molecule has 2 fully saturated rings. The van der Waals surface area contributed by atoms with Gasteiger partial charge < -0.3 is 19.3 Å². The van der Waals surface area contributed by atoms with E-state index >= 15 is 0 Å². The molecule has 31 heavy (non-hydrogen) atoms. The third-order valence-corrected chi connectivity index (χ3v) is 6.81. The van der Waals surface area contributed by atoms with Gasteiger partial charge in [-0.1, -0.05) is 0 Å². The minimum Gasteiger partial charge on any atom is -0.497 e. The number of hydrogen-bond donors (Lipinski definition) is 0. The van der Waals surface area contributed by atoms with Crippen molar-refractivity contribution >= 4 is 23.2 Å². The van der Waals surface area contributed by atoms with E-state index < -0.39 is 0 Å². The summed E-state index contributed by atoms with van der Waals surface area (Å²) in [5.74, 6) is 0.905. The van der Waals surface area contributed by atoms with E-state index in [1.54, 1.807) is 7.11 Å². The van der Waals surface area contributed by atoms with Gasteiger partial charge in [-0.05, 0) is 51.0 Å². The van der Waals surface area contributed by atoms with Crippen LogP contribution in [0.5, 0.6) is 5.75 Å². The van der Waals surface area contributed by atoms with E-state index in [-0.39, 0.29) is 29.9 Å². The summed E-state index contributed by atoms with van der Waals surface area (Å²) in [5, 5.41) is 2.63. The Balaban J connectivity index is 1.34. The van der Waals surface area contributed by atoms with E-state index in [0.29, 0.717) is 44.7 Å². The molecule has 1 aromatic carbocycles. The van der Waals surface area contributed by atoms with Gasteiger partial charge in [0.15, 0.2) is 0 Å². The van der Waals surface area contributed by atoms with Crippen molar-refractivity contribution in [2.24, 2.45) is 5.92 Å². The van der Waals surface area contributed by atoms with E-state index in [4.69, 9.17) is 9.47 Å². The molecule has 2 aliphatic heterocycles. The predicted octanol–water partition coefficient (Wildman–Crippen LogP) is 3.31. The minimum absolute atomic E-state index is 0.0214. The molecular formula is C23H29N3O4S. The zero-order valence-electron chi connectivity index (χ0n) is 18.2. The summed E-state index contributed by atoms with van der Waals surface area (Å²) in [6.07, 6.45) is 1.53. The van der Waals surface area contributed by atoms with Crippen molar-refractivity contribution in [2.75, 3.05) is 33.3 Å². The lowest BCUT2D eigenvalue weighted by Crippen LogP contribution is -2.51. The highest BCUT2D eigenvalue weighted by Gasteiger charge is 2.34. The van der Waals surface area contributed by atoms with Gasteiger partial charge in [-0.2, -0.15) is 0 Å². The fourth-order valence-electron chi connectivity index (χ4n) is 4.35. The van der Waals surface area contributed by atoms with Crippen molar-refractivity contribution in [1.29, 1.82) is 0 Å². The van der Waals surface area contributed by atoms with E-state index in [1.165, 1.54) is 11.3 Å². The SMILES string of the molecule is COc1ccc(-c2nc(C(=O)N3CCC(C(=O)N4CC(C)OC(C)C4)CC3)cs2)cc1. The Hall–Kier alpha value is -2.45. The Bertz CT molecular complexity index is 911. The first kappa shape index (κ1) is 21.8. The molecule has 7 nitrogen and oxygen atoms in total. The number of carbonyl (C=O) groups is 2. The van der Waals surface area contributed by atoms with Crippen LogP contribution < -0.4 is 4.74 Å².